The van der Waals surface area contributed by atoms with Crippen LogP contribution in [-0.2, 0) is 9.59 Å². The lowest BCUT2D eigenvalue weighted by atomic mass is 10.1. The number of fused-ring (bicyclic) bond motifs is 1. The van der Waals surface area contributed by atoms with Crippen LogP contribution in [0.5, 0.6) is 0 Å². The molecule has 0 aliphatic heterocycles. The molecule has 7 nitrogen and oxygen atoms in total. The first-order valence-corrected chi connectivity index (χ1v) is 15.0. The molecule has 0 bridgehead atoms. The monoisotopic (exact) mass is 577 g/mol. The molecule has 2 atom stereocenters. The summed E-state index contributed by atoms with van der Waals surface area (Å²) in [6, 6.07) is 25.4. The van der Waals surface area contributed by atoms with Crippen LogP contribution in [0, 0.1) is 13.8 Å². The molecule has 5 rings (SSSR count). The lowest BCUT2D eigenvalue weighted by molar-refractivity contribution is -0.125. The number of hydrogen-bond acceptors (Lipinski definition) is 5. The van der Waals surface area contributed by atoms with E-state index in [1.807, 2.05) is 42.5 Å². The van der Waals surface area contributed by atoms with Crippen LogP contribution in [0.3, 0.4) is 0 Å². The lowest BCUT2D eigenvalue weighted by Gasteiger charge is -2.19. The molecule has 0 fully saturated rings. The van der Waals surface area contributed by atoms with E-state index < -0.39 is 6.04 Å². The first-order chi connectivity index (χ1) is 20.2. The molecular weight excluding hydrogens is 542 g/mol. The number of pyridine rings is 1. The fourth-order valence-corrected chi connectivity index (χ4v) is 5.67. The van der Waals surface area contributed by atoms with Gasteiger partial charge in [0.1, 0.15) is 11.7 Å². The molecule has 0 saturated heterocycles. The Morgan fingerprint density at radius 3 is 2.24 bits per heavy atom. The maximum Gasteiger partial charge on any atom is 0.251 e. The van der Waals surface area contributed by atoms with Gasteiger partial charge in [-0.2, -0.15) is 0 Å². The highest BCUT2D eigenvalue weighted by Gasteiger charge is 2.23. The molecule has 3 aromatic carbocycles. The Kier molecular flexibility index (Phi) is 8.73. The van der Waals surface area contributed by atoms with Crippen molar-refractivity contribution < 1.29 is 9.59 Å². The summed E-state index contributed by atoms with van der Waals surface area (Å²) in [5.74, 6) is 1.08. The van der Waals surface area contributed by atoms with Gasteiger partial charge in [0, 0.05) is 11.8 Å². The summed E-state index contributed by atoms with van der Waals surface area (Å²) in [6.45, 7) is 9.83. The number of anilines is 1. The number of aryl methyl sites for hydroxylation is 2. The van der Waals surface area contributed by atoms with E-state index in [9.17, 15) is 9.59 Å². The third kappa shape index (κ3) is 6.39. The number of nitrogens with zero attached hydrogens (tertiary/aromatic N) is 3. The molecule has 2 amide bonds. The molecule has 2 aromatic heterocycles. The Hall–Kier alpha value is -4.43. The fourth-order valence-electron chi connectivity index (χ4n) is 5.01. The topological polar surface area (TPSA) is 88.9 Å². The van der Waals surface area contributed by atoms with Crippen molar-refractivity contribution >= 4 is 40.3 Å². The number of thioether (sulfide) groups is 1. The third-order valence-electron chi connectivity index (χ3n) is 7.19. The maximum absolute atomic E-state index is 13.3. The van der Waals surface area contributed by atoms with E-state index in [1.165, 1.54) is 18.1 Å². The number of benzene rings is 3. The Balaban J connectivity index is 1.43. The van der Waals surface area contributed by atoms with Gasteiger partial charge in [-0.15, -0.1) is 11.8 Å². The SMILES string of the molecule is CCSc1ccc(C(NC(C)=O)C(=O)Nc2ccc(-c3nc4ccc(C)cc4n3[C@H](C)c3ccc(C)cc3)nc2)cc1. The molecule has 0 saturated carbocycles. The Morgan fingerprint density at radius 2 is 1.60 bits per heavy atom. The third-order valence-corrected chi connectivity index (χ3v) is 8.08. The zero-order valence-corrected chi connectivity index (χ0v) is 25.3. The van der Waals surface area contributed by atoms with Crippen molar-refractivity contribution in [1.82, 2.24) is 19.9 Å². The normalized spacial score (nSPS) is 12.6. The van der Waals surface area contributed by atoms with Crippen molar-refractivity contribution in [3.63, 3.8) is 0 Å². The van der Waals surface area contributed by atoms with Crippen LogP contribution in [0.1, 0.15) is 55.1 Å². The Bertz CT molecular complexity index is 1710. The van der Waals surface area contributed by atoms with Gasteiger partial charge in [-0.25, -0.2) is 4.98 Å². The summed E-state index contributed by atoms with van der Waals surface area (Å²) in [7, 11) is 0. The summed E-state index contributed by atoms with van der Waals surface area (Å²) in [5.41, 5.74) is 7.42. The highest BCUT2D eigenvalue weighted by Crippen LogP contribution is 2.32. The summed E-state index contributed by atoms with van der Waals surface area (Å²) in [6.07, 6.45) is 1.63. The molecule has 0 radical (unpaired) electrons. The van der Waals surface area contributed by atoms with E-state index in [1.54, 1.807) is 18.0 Å². The van der Waals surface area contributed by atoms with Crippen LogP contribution in [0.2, 0.25) is 0 Å². The molecule has 42 heavy (non-hydrogen) atoms. The second kappa shape index (κ2) is 12.6. The number of amides is 2. The zero-order chi connectivity index (χ0) is 29.8. The summed E-state index contributed by atoms with van der Waals surface area (Å²) in [4.78, 5) is 36.0. The van der Waals surface area contributed by atoms with Crippen molar-refractivity contribution in [2.45, 2.75) is 51.6 Å². The average Bonchev–Trinajstić information content (AvgIpc) is 3.35. The van der Waals surface area contributed by atoms with Crippen molar-refractivity contribution in [2.24, 2.45) is 0 Å². The first kappa shape index (κ1) is 29.1. The van der Waals surface area contributed by atoms with Crippen molar-refractivity contribution in [3.05, 3.63) is 107 Å². The second-order valence-corrected chi connectivity index (χ2v) is 11.8. The van der Waals surface area contributed by atoms with E-state index in [0.717, 1.165) is 33.1 Å². The molecule has 8 heteroatoms. The number of imidazole rings is 1. The van der Waals surface area contributed by atoms with Gasteiger partial charge >= 0.3 is 0 Å². The minimum absolute atomic E-state index is 0.0223. The average molecular weight is 578 g/mol. The van der Waals surface area contributed by atoms with Crippen LogP contribution in [0.25, 0.3) is 22.6 Å². The maximum atomic E-state index is 13.3. The Labute approximate surface area is 250 Å². The summed E-state index contributed by atoms with van der Waals surface area (Å²) < 4.78 is 2.22. The highest BCUT2D eigenvalue weighted by atomic mass is 32.2. The van der Waals surface area contributed by atoms with Gasteiger partial charge in [0.15, 0.2) is 5.82 Å². The second-order valence-electron chi connectivity index (χ2n) is 10.4. The Morgan fingerprint density at radius 1 is 0.905 bits per heavy atom. The van der Waals surface area contributed by atoms with Crippen molar-refractivity contribution in [3.8, 4) is 11.5 Å². The fraction of sp³-hybridized carbons (Fsp3) is 0.235. The van der Waals surface area contributed by atoms with Gasteiger partial charge in [-0.3, -0.25) is 14.6 Å². The number of hydrogen-bond donors (Lipinski definition) is 2. The number of nitrogens with one attached hydrogen (secondary N) is 2. The molecule has 5 aromatic rings. The van der Waals surface area contributed by atoms with E-state index in [0.29, 0.717) is 16.9 Å². The highest BCUT2D eigenvalue weighted by molar-refractivity contribution is 7.99. The van der Waals surface area contributed by atoms with Gasteiger partial charge in [-0.05, 0) is 79.6 Å². The molecular formula is C34H35N5O2S. The number of carbonyl (C=O) groups is 2. The van der Waals surface area contributed by atoms with Crippen LogP contribution in [0.15, 0.2) is 90.0 Å². The van der Waals surface area contributed by atoms with Gasteiger partial charge in [0.05, 0.1) is 29.0 Å². The largest absolute Gasteiger partial charge is 0.341 e. The molecule has 0 spiro atoms. The predicted octanol–water partition coefficient (Wildman–Crippen LogP) is 7.25. The van der Waals surface area contributed by atoms with Crippen LogP contribution in [-0.4, -0.2) is 32.1 Å². The minimum atomic E-state index is -0.828. The van der Waals surface area contributed by atoms with Crippen LogP contribution < -0.4 is 10.6 Å². The molecule has 214 valence electrons. The van der Waals surface area contributed by atoms with E-state index in [2.05, 4.69) is 79.3 Å². The molecule has 2 N–H and O–H groups in total. The quantitative estimate of drug-likeness (QED) is 0.180. The van der Waals surface area contributed by atoms with E-state index >= 15 is 0 Å². The lowest BCUT2D eigenvalue weighted by Crippen LogP contribution is -2.35. The first-order valence-electron chi connectivity index (χ1n) is 14.1. The standard InChI is InChI=1S/C34H35N5O2S/c1-6-42-28-15-12-26(13-16-28)32(36-24(5)40)34(41)37-27-14-18-30(35-20-27)33-38-29-17-9-22(3)19-31(29)39(33)23(4)25-10-7-21(2)8-11-25/h7-20,23,32H,6H2,1-5H3,(H,36,40)(H,37,41)/t23-,32?/m1/s1. The van der Waals surface area contributed by atoms with E-state index in [4.69, 9.17) is 9.97 Å². The van der Waals surface area contributed by atoms with Gasteiger partial charge < -0.3 is 15.2 Å². The number of carbonyl (C=O) groups excluding carboxylic acids is 2. The molecule has 2 heterocycles. The zero-order valence-electron chi connectivity index (χ0n) is 24.5. The smallest absolute Gasteiger partial charge is 0.251 e. The molecule has 0 aliphatic rings. The molecule has 0 aliphatic carbocycles. The summed E-state index contributed by atoms with van der Waals surface area (Å²) >= 11 is 1.72. The van der Waals surface area contributed by atoms with Crippen molar-refractivity contribution in [2.75, 3.05) is 11.1 Å². The van der Waals surface area contributed by atoms with E-state index in [-0.39, 0.29) is 17.9 Å². The minimum Gasteiger partial charge on any atom is -0.341 e. The van der Waals surface area contributed by atoms with Gasteiger partial charge in [0.25, 0.3) is 5.91 Å². The van der Waals surface area contributed by atoms with Crippen molar-refractivity contribution in [1.29, 1.82) is 0 Å². The molecule has 1 unspecified atom stereocenters. The predicted molar refractivity (Wildman–Crippen MR) is 171 cm³/mol. The number of rotatable bonds is 9. The number of aromatic nitrogens is 3. The van der Waals surface area contributed by atoms with Gasteiger partial charge in [-0.1, -0.05) is 55.0 Å². The van der Waals surface area contributed by atoms with Crippen LogP contribution in [0.4, 0.5) is 5.69 Å². The summed E-state index contributed by atoms with van der Waals surface area (Å²) in [5, 5.41) is 5.69. The van der Waals surface area contributed by atoms with Gasteiger partial charge in [0.2, 0.25) is 5.91 Å². The van der Waals surface area contributed by atoms with Crippen LogP contribution >= 0.6 is 11.8 Å².